The minimum absolute atomic E-state index is 0.00383. The molecule has 0 N–H and O–H groups in total. The topological polar surface area (TPSA) is 69.1 Å². The SMILES string of the molecule is O=c1c2c(ccc3c2c2ccccc2n3-c2cccc3oc4ccccc4c23)c2ccc3c(c2n1-c1nc(-c2ccccc2)cc(-c2ccccc2)n1)C1C=CC=CC1N3c1ccccc1. The Kier molecular flexibility index (Phi) is 7.83. The van der Waals surface area contributed by atoms with E-state index in [2.05, 4.69) is 155 Å². The van der Waals surface area contributed by atoms with Crippen LogP contribution in [0.25, 0.3) is 99.6 Å². The number of allylic oxidation sites excluding steroid dienone is 2. The molecule has 1 aliphatic heterocycles. The van der Waals surface area contributed by atoms with Gasteiger partial charge in [0.05, 0.1) is 50.4 Å². The van der Waals surface area contributed by atoms with Crippen molar-refractivity contribution in [1.82, 2.24) is 19.1 Å². The number of hydrogen-bond acceptors (Lipinski definition) is 5. The Morgan fingerprint density at radius 2 is 1.12 bits per heavy atom. The molecule has 12 aromatic rings. The molecular weight excluding hydrogens is 811 g/mol. The van der Waals surface area contributed by atoms with Gasteiger partial charge in [-0.15, -0.1) is 0 Å². The Bertz CT molecular complexity index is 4030. The van der Waals surface area contributed by atoms with E-state index in [1.54, 1.807) is 0 Å². The lowest BCUT2D eigenvalue weighted by Gasteiger charge is -2.28. The molecule has 2 unspecified atom stereocenters. The van der Waals surface area contributed by atoms with E-state index in [1.165, 1.54) is 0 Å². The second-order valence-electron chi connectivity index (χ2n) is 17.2. The molecule has 0 saturated heterocycles. The summed E-state index contributed by atoms with van der Waals surface area (Å²) in [6, 6.07) is 64.5. The molecule has 66 heavy (non-hydrogen) atoms. The van der Waals surface area contributed by atoms with Crippen LogP contribution < -0.4 is 10.5 Å². The zero-order valence-corrected chi connectivity index (χ0v) is 35.4. The molecule has 1 aliphatic carbocycles. The summed E-state index contributed by atoms with van der Waals surface area (Å²) in [6.07, 6.45) is 8.81. The molecule has 7 heteroatoms. The molecule has 310 valence electrons. The van der Waals surface area contributed by atoms with E-state index >= 15 is 4.79 Å². The van der Waals surface area contributed by atoms with Crippen molar-refractivity contribution in [3.8, 4) is 34.2 Å². The molecule has 2 aliphatic rings. The van der Waals surface area contributed by atoms with Gasteiger partial charge >= 0.3 is 0 Å². The van der Waals surface area contributed by atoms with Crippen molar-refractivity contribution < 1.29 is 4.42 Å². The third-order valence-electron chi connectivity index (χ3n) is 13.7. The number of fused-ring (bicyclic) bond motifs is 14. The van der Waals surface area contributed by atoms with Gasteiger partial charge in [0.15, 0.2) is 0 Å². The van der Waals surface area contributed by atoms with Crippen LogP contribution in [0, 0.1) is 0 Å². The fourth-order valence-corrected chi connectivity index (χ4v) is 10.9. The van der Waals surface area contributed by atoms with Gasteiger partial charge in [-0.1, -0.05) is 158 Å². The molecule has 5 heterocycles. The van der Waals surface area contributed by atoms with Gasteiger partial charge < -0.3 is 13.9 Å². The van der Waals surface area contributed by atoms with Crippen LogP contribution in [0.2, 0.25) is 0 Å². The predicted molar refractivity (Wildman–Crippen MR) is 269 cm³/mol. The van der Waals surface area contributed by atoms with Crippen LogP contribution in [0.5, 0.6) is 0 Å². The van der Waals surface area contributed by atoms with E-state index in [-0.39, 0.29) is 17.5 Å². The highest BCUT2D eigenvalue weighted by atomic mass is 16.3. The van der Waals surface area contributed by atoms with Crippen LogP contribution in [-0.2, 0) is 0 Å². The molecule has 4 aromatic heterocycles. The maximum atomic E-state index is 16.5. The number of para-hydroxylation sites is 3. The molecule has 0 saturated carbocycles. The fourth-order valence-electron chi connectivity index (χ4n) is 10.9. The zero-order valence-electron chi connectivity index (χ0n) is 35.4. The van der Waals surface area contributed by atoms with Gasteiger partial charge in [-0.05, 0) is 60.0 Å². The highest BCUT2D eigenvalue weighted by Crippen LogP contribution is 2.52. The molecule has 0 bridgehead atoms. The van der Waals surface area contributed by atoms with E-state index in [0.717, 1.165) is 105 Å². The molecule has 2 atom stereocenters. The van der Waals surface area contributed by atoms with Gasteiger partial charge in [0.1, 0.15) is 11.2 Å². The fraction of sp³-hybridized carbons (Fsp3) is 0.0339. The van der Waals surface area contributed by atoms with Crippen molar-refractivity contribution >= 4 is 76.8 Å². The van der Waals surface area contributed by atoms with Gasteiger partial charge in [0.25, 0.3) is 5.56 Å². The highest BCUT2D eigenvalue weighted by molar-refractivity contribution is 6.26. The van der Waals surface area contributed by atoms with Crippen LogP contribution in [0.1, 0.15) is 11.5 Å². The van der Waals surface area contributed by atoms with Crippen molar-refractivity contribution in [3.63, 3.8) is 0 Å². The van der Waals surface area contributed by atoms with Gasteiger partial charge in [-0.3, -0.25) is 4.79 Å². The quantitative estimate of drug-likeness (QED) is 0.161. The predicted octanol–water partition coefficient (Wildman–Crippen LogP) is 14.0. The number of anilines is 2. The maximum absolute atomic E-state index is 16.5. The first-order valence-electron chi connectivity index (χ1n) is 22.4. The standard InChI is InChI=1S/C59H37N5O2/c65-58-56-39(31-33-49-54(56)41-23-10-14-27-47(41)63(49)48-28-16-30-52-53(48)43-25-12-15-29-51(43)66-52)40-32-34-50-55(42-24-11-13-26-46(42)62(50)38-21-8-3-9-22-38)57(40)64(58)59-60-44(36-17-4-1-5-18-36)35-45(61-59)37-19-6-2-7-20-37/h1-35,42,46H. The van der Waals surface area contributed by atoms with E-state index < -0.39 is 0 Å². The molecule has 0 radical (unpaired) electrons. The number of rotatable bonds is 5. The minimum Gasteiger partial charge on any atom is -0.456 e. The summed E-state index contributed by atoms with van der Waals surface area (Å²) >= 11 is 0. The molecular formula is C59H37N5O2. The van der Waals surface area contributed by atoms with Crippen LogP contribution in [-0.4, -0.2) is 25.1 Å². The first-order chi connectivity index (χ1) is 32.7. The summed E-state index contributed by atoms with van der Waals surface area (Å²) in [5, 5.41) is 6.36. The van der Waals surface area contributed by atoms with Crippen LogP contribution in [0.4, 0.5) is 11.4 Å². The Hall–Kier alpha value is -8.81. The summed E-state index contributed by atoms with van der Waals surface area (Å²) in [7, 11) is 0. The number of benzene rings is 8. The largest absolute Gasteiger partial charge is 0.456 e. The van der Waals surface area contributed by atoms with Gasteiger partial charge in [-0.25, -0.2) is 14.5 Å². The third kappa shape index (κ3) is 5.22. The van der Waals surface area contributed by atoms with Gasteiger partial charge in [0, 0.05) is 55.5 Å². The zero-order chi connectivity index (χ0) is 43.5. The number of pyridine rings is 1. The molecule has 0 amide bonds. The molecule has 8 aromatic carbocycles. The normalized spacial score (nSPS) is 15.5. The van der Waals surface area contributed by atoms with Crippen LogP contribution >= 0.6 is 0 Å². The number of nitrogens with zero attached hydrogens (tertiary/aromatic N) is 5. The molecule has 0 spiro atoms. The minimum atomic E-state index is -0.180. The van der Waals surface area contributed by atoms with E-state index in [0.29, 0.717) is 11.3 Å². The van der Waals surface area contributed by atoms with Crippen molar-refractivity contribution in [2.45, 2.75) is 12.0 Å². The number of aromatic nitrogens is 4. The number of furan rings is 1. The van der Waals surface area contributed by atoms with E-state index in [4.69, 9.17) is 14.4 Å². The monoisotopic (exact) mass is 847 g/mol. The molecule has 0 fully saturated rings. The Balaban J connectivity index is 1.16. The summed E-state index contributed by atoms with van der Waals surface area (Å²) in [5.74, 6) is 0.264. The summed E-state index contributed by atoms with van der Waals surface area (Å²) in [5.41, 5.74) is 11.7. The van der Waals surface area contributed by atoms with Crippen molar-refractivity contribution in [3.05, 3.63) is 228 Å². The Morgan fingerprint density at radius 3 is 1.89 bits per heavy atom. The highest BCUT2D eigenvalue weighted by Gasteiger charge is 2.40. The van der Waals surface area contributed by atoms with E-state index in [9.17, 15) is 0 Å². The number of hydrogen-bond donors (Lipinski definition) is 0. The lowest BCUT2D eigenvalue weighted by Crippen LogP contribution is -2.28. The van der Waals surface area contributed by atoms with Crippen molar-refractivity contribution in [1.29, 1.82) is 0 Å². The second kappa shape index (κ2) is 14.1. The maximum Gasteiger partial charge on any atom is 0.266 e. The second-order valence-corrected chi connectivity index (χ2v) is 17.2. The average molecular weight is 848 g/mol. The van der Waals surface area contributed by atoms with Crippen LogP contribution in [0.3, 0.4) is 0 Å². The van der Waals surface area contributed by atoms with Gasteiger partial charge in [0.2, 0.25) is 5.95 Å². The Labute approximate surface area is 378 Å². The first-order valence-corrected chi connectivity index (χ1v) is 22.4. The Morgan fingerprint density at radius 1 is 0.470 bits per heavy atom. The third-order valence-corrected chi connectivity index (χ3v) is 13.7. The van der Waals surface area contributed by atoms with E-state index in [1.807, 2.05) is 71.3 Å². The summed E-state index contributed by atoms with van der Waals surface area (Å²) in [4.78, 5) is 29.7. The first kappa shape index (κ1) is 36.7. The summed E-state index contributed by atoms with van der Waals surface area (Å²) in [6.45, 7) is 0. The lowest BCUT2D eigenvalue weighted by atomic mass is 9.88. The van der Waals surface area contributed by atoms with Crippen molar-refractivity contribution in [2.75, 3.05) is 4.90 Å². The molecule has 7 nitrogen and oxygen atoms in total. The smallest absolute Gasteiger partial charge is 0.266 e. The lowest BCUT2D eigenvalue weighted by molar-refractivity contribution is 0.669. The average Bonchev–Trinajstić information content (AvgIpc) is 4.05. The molecule has 14 rings (SSSR count). The summed E-state index contributed by atoms with van der Waals surface area (Å²) < 4.78 is 10.6. The van der Waals surface area contributed by atoms with Gasteiger partial charge in [-0.2, -0.15) is 0 Å². The van der Waals surface area contributed by atoms with Crippen LogP contribution in [0.15, 0.2) is 222 Å². The van der Waals surface area contributed by atoms with Crippen molar-refractivity contribution in [2.24, 2.45) is 0 Å².